The third kappa shape index (κ3) is 4.23. The van der Waals surface area contributed by atoms with Crippen molar-refractivity contribution in [2.24, 2.45) is 0 Å². The van der Waals surface area contributed by atoms with Crippen LogP contribution < -0.4 is 10.1 Å². The first kappa shape index (κ1) is 17.7. The van der Waals surface area contributed by atoms with Crippen LogP contribution in [0.3, 0.4) is 0 Å². The maximum atomic E-state index is 12.3. The highest BCUT2D eigenvalue weighted by molar-refractivity contribution is 6.31. The Kier molecular flexibility index (Phi) is 5.76. The summed E-state index contributed by atoms with van der Waals surface area (Å²) in [6.45, 7) is 3.30. The highest BCUT2D eigenvalue weighted by atomic mass is 35.5. The van der Waals surface area contributed by atoms with Gasteiger partial charge in [-0.3, -0.25) is 9.78 Å². The fourth-order valence-corrected chi connectivity index (χ4v) is 2.09. The minimum absolute atomic E-state index is 0.324. The van der Waals surface area contributed by atoms with Crippen LogP contribution in [0.25, 0.3) is 0 Å². The van der Waals surface area contributed by atoms with E-state index >= 15 is 0 Å². The molecule has 2 aromatic rings. The van der Waals surface area contributed by atoms with Gasteiger partial charge in [-0.1, -0.05) is 11.6 Å². The molecule has 0 aliphatic heterocycles. The summed E-state index contributed by atoms with van der Waals surface area (Å²) in [6.07, 6.45) is 1.97. The zero-order valence-corrected chi connectivity index (χ0v) is 14.3. The van der Waals surface area contributed by atoms with E-state index in [4.69, 9.17) is 21.1 Å². The normalized spacial score (nSPS) is 11.5. The van der Waals surface area contributed by atoms with Gasteiger partial charge in [0.1, 0.15) is 5.75 Å². The van der Waals surface area contributed by atoms with Crippen LogP contribution in [0.2, 0.25) is 5.02 Å². The monoisotopic (exact) mass is 348 g/mol. The first-order valence-corrected chi connectivity index (χ1v) is 7.56. The Morgan fingerprint density at radius 3 is 2.54 bits per heavy atom. The molecule has 7 heteroatoms. The van der Waals surface area contributed by atoms with Crippen molar-refractivity contribution >= 4 is 29.2 Å². The van der Waals surface area contributed by atoms with E-state index in [9.17, 15) is 9.59 Å². The molecule has 0 spiro atoms. The SMILES string of the molecule is COc1cc(Cl)c(C)cc1NC(=O)[C@H](C)OC(=O)c1ccncc1. The van der Waals surface area contributed by atoms with E-state index in [1.807, 2.05) is 6.92 Å². The van der Waals surface area contributed by atoms with E-state index in [-0.39, 0.29) is 0 Å². The molecule has 0 saturated heterocycles. The number of esters is 1. The number of pyridine rings is 1. The molecule has 0 unspecified atom stereocenters. The van der Waals surface area contributed by atoms with Crippen molar-refractivity contribution < 1.29 is 19.1 Å². The van der Waals surface area contributed by atoms with Crippen LogP contribution in [-0.2, 0) is 9.53 Å². The van der Waals surface area contributed by atoms with Gasteiger partial charge in [-0.05, 0) is 37.6 Å². The van der Waals surface area contributed by atoms with Gasteiger partial charge in [0.2, 0.25) is 0 Å². The number of nitrogens with one attached hydrogen (secondary N) is 1. The van der Waals surface area contributed by atoms with Gasteiger partial charge in [0.15, 0.2) is 6.10 Å². The number of amides is 1. The topological polar surface area (TPSA) is 77.5 Å². The zero-order chi connectivity index (χ0) is 17.7. The molecule has 0 aliphatic rings. The first-order valence-electron chi connectivity index (χ1n) is 7.18. The summed E-state index contributed by atoms with van der Waals surface area (Å²) in [5.41, 5.74) is 1.56. The molecule has 1 aromatic carbocycles. The van der Waals surface area contributed by atoms with Gasteiger partial charge in [0.05, 0.1) is 18.4 Å². The van der Waals surface area contributed by atoms with Crippen LogP contribution in [-0.4, -0.2) is 30.1 Å². The van der Waals surface area contributed by atoms with Crippen molar-refractivity contribution in [2.75, 3.05) is 12.4 Å². The van der Waals surface area contributed by atoms with E-state index in [0.717, 1.165) is 5.56 Å². The van der Waals surface area contributed by atoms with E-state index in [1.165, 1.54) is 38.6 Å². The predicted molar refractivity (Wildman–Crippen MR) is 90.5 cm³/mol. The molecule has 0 radical (unpaired) electrons. The first-order chi connectivity index (χ1) is 11.4. The Labute approximate surface area is 144 Å². The van der Waals surface area contributed by atoms with Gasteiger partial charge < -0.3 is 14.8 Å². The van der Waals surface area contributed by atoms with E-state index < -0.39 is 18.0 Å². The summed E-state index contributed by atoms with van der Waals surface area (Å²) < 4.78 is 10.4. The van der Waals surface area contributed by atoms with Gasteiger partial charge in [0, 0.05) is 23.5 Å². The third-order valence-corrected chi connectivity index (χ3v) is 3.71. The number of ether oxygens (including phenoxy) is 2. The van der Waals surface area contributed by atoms with Crippen molar-refractivity contribution in [2.45, 2.75) is 20.0 Å². The van der Waals surface area contributed by atoms with Crippen molar-refractivity contribution in [1.82, 2.24) is 4.98 Å². The van der Waals surface area contributed by atoms with E-state index in [0.29, 0.717) is 22.0 Å². The van der Waals surface area contributed by atoms with Crippen molar-refractivity contribution in [3.05, 3.63) is 52.8 Å². The number of hydrogen-bond donors (Lipinski definition) is 1. The molecule has 1 N–H and O–H groups in total. The lowest BCUT2D eigenvalue weighted by Crippen LogP contribution is -2.30. The second-order valence-electron chi connectivity index (χ2n) is 5.07. The van der Waals surface area contributed by atoms with E-state index in [1.54, 1.807) is 12.1 Å². The van der Waals surface area contributed by atoms with Gasteiger partial charge in [0.25, 0.3) is 5.91 Å². The molecule has 1 heterocycles. The van der Waals surface area contributed by atoms with Gasteiger partial charge in [-0.15, -0.1) is 0 Å². The fraction of sp³-hybridized carbons (Fsp3) is 0.235. The number of carbonyl (C=O) groups is 2. The summed E-state index contributed by atoms with van der Waals surface area (Å²) in [4.78, 5) is 28.0. The standard InChI is InChI=1S/C17H17ClN2O4/c1-10-8-14(15(23-3)9-13(10)18)20-16(21)11(2)24-17(22)12-4-6-19-7-5-12/h4-9,11H,1-3H3,(H,20,21)/t11-/m0/s1. The average molecular weight is 349 g/mol. The number of benzene rings is 1. The summed E-state index contributed by atoms with van der Waals surface area (Å²) in [5, 5.41) is 3.20. The minimum atomic E-state index is -0.980. The van der Waals surface area contributed by atoms with Crippen LogP contribution in [0.4, 0.5) is 5.69 Å². The summed E-state index contributed by atoms with van der Waals surface area (Å²) in [7, 11) is 1.48. The van der Waals surface area contributed by atoms with Crippen molar-refractivity contribution in [1.29, 1.82) is 0 Å². The molecular weight excluding hydrogens is 332 g/mol. The van der Waals surface area contributed by atoms with Gasteiger partial charge in [-0.25, -0.2) is 4.79 Å². The van der Waals surface area contributed by atoms with Crippen LogP contribution in [0.5, 0.6) is 5.75 Å². The lowest BCUT2D eigenvalue weighted by molar-refractivity contribution is -0.123. The Bertz CT molecular complexity index is 750. The Morgan fingerprint density at radius 1 is 1.25 bits per heavy atom. The van der Waals surface area contributed by atoms with E-state index in [2.05, 4.69) is 10.3 Å². The second kappa shape index (κ2) is 7.79. The van der Waals surface area contributed by atoms with Crippen molar-refractivity contribution in [3.63, 3.8) is 0 Å². The fourth-order valence-electron chi connectivity index (χ4n) is 1.93. The number of halogens is 1. The number of rotatable bonds is 5. The summed E-state index contributed by atoms with van der Waals surface area (Å²) >= 11 is 6.03. The van der Waals surface area contributed by atoms with Crippen LogP contribution in [0, 0.1) is 6.92 Å². The number of aryl methyl sites for hydroxylation is 1. The largest absolute Gasteiger partial charge is 0.495 e. The molecule has 126 valence electrons. The number of methoxy groups -OCH3 is 1. The lowest BCUT2D eigenvalue weighted by Gasteiger charge is -2.16. The maximum Gasteiger partial charge on any atom is 0.339 e. The van der Waals surface area contributed by atoms with Crippen molar-refractivity contribution in [3.8, 4) is 5.75 Å². The zero-order valence-electron chi connectivity index (χ0n) is 13.5. The number of carbonyl (C=O) groups excluding carboxylic acids is 2. The number of anilines is 1. The summed E-state index contributed by atoms with van der Waals surface area (Å²) in [5.74, 6) is -0.650. The van der Waals surface area contributed by atoms with Crippen LogP contribution in [0.1, 0.15) is 22.8 Å². The number of hydrogen-bond acceptors (Lipinski definition) is 5. The molecule has 0 saturated carbocycles. The molecule has 0 bridgehead atoms. The molecule has 1 aromatic heterocycles. The third-order valence-electron chi connectivity index (χ3n) is 3.31. The lowest BCUT2D eigenvalue weighted by atomic mass is 10.2. The molecule has 24 heavy (non-hydrogen) atoms. The highest BCUT2D eigenvalue weighted by Crippen LogP contribution is 2.31. The van der Waals surface area contributed by atoms with Crippen LogP contribution >= 0.6 is 11.6 Å². The maximum absolute atomic E-state index is 12.3. The van der Waals surface area contributed by atoms with Gasteiger partial charge in [-0.2, -0.15) is 0 Å². The highest BCUT2D eigenvalue weighted by Gasteiger charge is 2.20. The minimum Gasteiger partial charge on any atom is -0.495 e. The molecule has 6 nitrogen and oxygen atoms in total. The molecule has 0 aliphatic carbocycles. The average Bonchev–Trinajstić information content (AvgIpc) is 2.58. The molecule has 2 rings (SSSR count). The Hall–Kier alpha value is -2.60. The number of nitrogens with zero attached hydrogens (tertiary/aromatic N) is 1. The second-order valence-corrected chi connectivity index (χ2v) is 5.48. The quantitative estimate of drug-likeness (QED) is 0.839. The predicted octanol–water partition coefficient (Wildman–Crippen LogP) is 3.24. The molecule has 1 atom stereocenters. The summed E-state index contributed by atoms with van der Waals surface area (Å²) in [6, 6.07) is 6.33. The molecule has 1 amide bonds. The van der Waals surface area contributed by atoms with Gasteiger partial charge >= 0.3 is 5.97 Å². The number of aromatic nitrogens is 1. The van der Waals surface area contributed by atoms with Crippen LogP contribution in [0.15, 0.2) is 36.7 Å². The smallest absolute Gasteiger partial charge is 0.339 e. The Balaban J connectivity index is 2.07. The Morgan fingerprint density at radius 2 is 1.92 bits per heavy atom. The molecule has 0 fully saturated rings. The molecular formula is C17H17ClN2O4.